The number of thiophene rings is 1. The molecule has 0 saturated heterocycles. The molecule has 1 heterocycles. The van der Waals surface area contributed by atoms with Gasteiger partial charge in [-0.25, -0.2) is 9.59 Å². The van der Waals surface area contributed by atoms with Crippen LogP contribution in [0.4, 0.5) is 4.79 Å². The lowest BCUT2D eigenvalue weighted by Gasteiger charge is -2.17. The van der Waals surface area contributed by atoms with Gasteiger partial charge in [0.15, 0.2) is 6.04 Å². The third-order valence-corrected chi connectivity index (χ3v) is 3.75. The number of carbonyl (C=O) groups excluding carboxylic acids is 1. The third kappa shape index (κ3) is 4.88. The van der Waals surface area contributed by atoms with Crippen molar-refractivity contribution in [2.45, 2.75) is 39.0 Å². The van der Waals surface area contributed by atoms with Crippen molar-refractivity contribution in [3.8, 4) is 0 Å². The van der Waals surface area contributed by atoms with Crippen molar-refractivity contribution >= 4 is 23.3 Å². The van der Waals surface area contributed by atoms with E-state index in [0.717, 1.165) is 11.3 Å². The summed E-state index contributed by atoms with van der Waals surface area (Å²) in [5, 5.41) is 22.8. The second kappa shape index (κ2) is 7.10. The van der Waals surface area contributed by atoms with Crippen molar-refractivity contribution in [3.05, 3.63) is 21.9 Å². The smallest absolute Gasteiger partial charge is 0.328 e. The molecule has 4 N–H and O–H groups in total. The van der Waals surface area contributed by atoms with Crippen LogP contribution in [0.5, 0.6) is 0 Å². The van der Waals surface area contributed by atoms with Crippen LogP contribution in [-0.2, 0) is 17.8 Å². The molecule has 19 heavy (non-hydrogen) atoms. The molecule has 1 aromatic heterocycles. The van der Waals surface area contributed by atoms with Gasteiger partial charge in [-0.2, -0.15) is 0 Å². The first-order valence-electron chi connectivity index (χ1n) is 5.96. The number of aliphatic hydroxyl groups is 1. The van der Waals surface area contributed by atoms with E-state index in [4.69, 9.17) is 5.11 Å². The van der Waals surface area contributed by atoms with Crippen LogP contribution >= 0.6 is 11.3 Å². The quantitative estimate of drug-likeness (QED) is 0.625. The molecule has 0 aliphatic rings. The standard InChI is InChI=1S/C12H18N2O4S/c1-3-8-4-5-9(19-8)6-13-12(18)14-10(7(2)15)11(16)17/h4-5,7,10,15H,3,6H2,1-2H3,(H,16,17)(H2,13,14,18)/t7-,10+/m1/s1. The summed E-state index contributed by atoms with van der Waals surface area (Å²) in [4.78, 5) is 24.5. The number of urea groups is 1. The number of aliphatic hydroxyl groups excluding tert-OH is 1. The maximum atomic E-state index is 11.5. The molecule has 0 fully saturated rings. The Morgan fingerprint density at radius 1 is 1.37 bits per heavy atom. The van der Waals surface area contributed by atoms with Crippen molar-refractivity contribution in [1.82, 2.24) is 10.6 Å². The molecular formula is C12H18N2O4S. The maximum Gasteiger partial charge on any atom is 0.328 e. The van der Waals surface area contributed by atoms with Gasteiger partial charge in [0, 0.05) is 9.75 Å². The minimum absolute atomic E-state index is 0.336. The molecule has 0 bridgehead atoms. The van der Waals surface area contributed by atoms with Crippen LogP contribution in [0.25, 0.3) is 0 Å². The maximum absolute atomic E-state index is 11.5. The highest BCUT2D eigenvalue weighted by molar-refractivity contribution is 7.11. The number of aliphatic carboxylic acids is 1. The van der Waals surface area contributed by atoms with Crippen molar-refractivity contribution in [2.75, 3.05) is 0 Å². The van der Waals surface area contributed by atoms with Crippen LogP contribution in [0.1, 0.15) is 23.6 Å². The summed E-state index contributed by atoms with van der Waals surface area (Å²) in [5.74, 6) is -1.27. The highest BCUT2D eigenvalue weighted by Crippen LogP contribution is 2.16. The summed E-state index contributed by atoms with van der Waals surface area (Å²) in [5.41, 5.74) is 0. The van der Waals surface area contributed by atoms with E-state index in [1.807, 2.05) is 12.1 Å². The number of rotatable bonds is 6. The second-order valence-electron chi connectivity index (χ2n) is 4.11. The molecule has 0 aliphatic heterocycles. The number of amides is 2. The first-order chi connectivity index (χ1) is 8.93. The largest absolute Gasteiger partial charge is 0.480 e. The fraction of sp³-hybridized carbons (Fsp3) is 0.500. The molecule has 0 spiro atoms. The summed E-state index contributed by atoms with van der Waals surface area (Å²) in [6.45, 7) is 3.70. The van der Waals surface area contributed by atoms with E-state index < -0.39 is 24.1 Å². The zero-order chi connectivity index (χ0) is 14.4. The lowest BCUT2D eigenvalue weighted by molar-refractivity contribution is -0.141. The van der Waals surface area contributed by atoms with E-state index in [-0.39, 0.29) is 0 Å². The van der Waals surface area contributed by atoms with Gasteiger partial charge in [-0.05, 0) is 25.5 Å². The monoisotopic (exact) mass is 286 g/mol. The van der Waals surface area contributed by atoms with E-state index in [1.54, 1.807) is 11.3 Å². The predicted octanol–water partition coefficient (Wildman–Crippen LogP) is 0.944. The second-order valence-corrected chi connectivity index (χ2v) is 5.36. The Hall–Kier alpha value is -1.60. The molecule has 6 nitrogen and oxygen atoms in total. The van der Waals surface area contributed by atoms with Crippen LogP contribution in [0.15, 0.2) is 12.1 Å². The van der Waals surface area contributed by atoms with E-state index >= 15 is 0 Å². The number of carboxylic acids is 1. The zero-order valence-electron chi connectivity index (χ0n) is 10.8. The minimum Gasteiger partial charge on any atom is -0.480 e. The Morgan fingerprint density at radius 2 is 2.00 bits per heavy atom. The molecule has 2 atom stereocenters. The van der Waals surface area contributed by atoms with Crippen molar-refractivity contribution < 1.29 is 19.8 Å². The first-order valence-corrected chi connectivity index (χ1v) is 6.78. The molecule has 1 aromatic rings. The minimum atomic E-state index is -1.31. The summed E-state index contributed by atoms with van der Waals surface area (Å²) in [6.07, 6.45) is -0.211. The van der Waals surface area contributed by atoms with Crippen molar-refractivity contribution in [2.24, 2.45) is 0 Å². The topological polar surface area (TPSA) is 98.7 Å². The molecule has 0 aromatic carbocycles. The molecule has 0 saturated carbocycles. The molecule has 0 unspecified atom stereocenters. The SMILES string of the molecule is CCc1ccc(CNC(=O)N[C@H](C(=O)O)[C@@H](C)O)s1. The molecule has 106 valence electrons. The number of carbonyl (C=O) groups is 2. The van der Waals surface area contributed by atoms with Gasteiger partial charge in [0.25, 0.3) is 0 Å². The molecule has 0 radical (unpaired) electrons. The first kappa shape index (κ1) is 15.5. The molecule has 1 rings (SSSR count). The average Bonchev–Trinajstić information content (AvgIpc) is 2.80. The number of aryl methyl sites for hydroxylation is 1. The summed E-state index contributed by atoms with van der Waals surface area (Å²) < 4.78 is 0. The Morgan fingerprint density at radius 3 is 2.47 bits per heavy atom. The average molecular weight is 286 g/mol. The number of hydrogen-bond donors (Lipinski definition) is 4. The van der Waals surface area contributed by atoms with Crippen LogP contribution < -0.4 is 10.6 Å². The van der Waals surface area contributed by atoms with Gasteiger partial charge in [0.1, 0.15) is 0 Å². The van der Waals surface area contributed by atoms with Gasteiger partial charge in [-0.1, -0.05) is 6.92 Å². The van der Waals surface area contributed by atoms with Crippen molar-refractivity contribution in [1.29, 1.82) is 0 Å². The van der Waals surface area contributed by atoms with E-state index in [1.165, 1.54) is 11.8 Å². The third-order valence-electron chi connectivity index (χ3n) is 2.52. The molecule has 2 amide bonds. The Bertz CT molecular complexity index is 445. The number of carboxylic acid groups (broad SMARTS) is 1. The molecular weight excluding hydrogens is 268 g/mol. The van der Waals surface area contributed by atoms with E-state index in [9.17, 15) is 14.7 Å². The highest BCUT2D eigenvalue weighted by Gasteiger charge is 2.24. The predicted molar refractivity (Wildman–Crippen MR) is 72.2 cm³/mol. The molecule has 0 aliphatic carbocycles. The van der Waals surface area contributed by atoms with Gasteiger partial charge in [0.2, 0.25) is 0 Å². The highest BCUT2D eigenvalue weighted by atomic mass is 32.1. The lowest BCUT2D eigenvalue weighted by atomic mass is 10.2. The van der Waals surface area contributed by atoms with Gasteiger partial charge >= 0.3 is 12.0 Å². The van der Waals surface area contributed by atoms with Gasteiger partial charge < -0.3 is 20.8 Å². The summed E-state index contributed by atoms with van der Waals surface area (Å²) in [7, 11) is 0. The van der Waals surface area contributed by atoms with Gasteiger partial charge in [-0.15, -0.1) is 11.3 Å². The Balaban J connectivity index is 2.44. The fourth-order valence-electron chi connectivity index (χ4n) is 1.46. The van der Waals surface area contributed by atoms with Gasteiger partial charge in [0.05, 0.1) is 12.6 Å². The Kier molecular flexibility index (Phi) is 5.78. The fourth-order valence-corrected chi connectivity index (χ4v) is 2.35. The van der Waals surface area contributed by atoms with Crippen LogP contribution in [0, 0.1) is 0 Å². The van der Waals surface area contributed by atoms with Crippen LogP contribution in [0.2, 0.25) is 0 Å². The van der Waals surface area contributed by atoms with E-state index in [2.05, 4.69) is 17.6 Å². The van der Waals surface area contributed by atoms with Crippen LogP contribution in [0.3, 0.4) is 0 Å². The Labute approximate surface area is 115 Å². The normalized spacial score (nSPS) is 13.6. The van der Waals surface area contributed by atoms with Gasteiger partial charge in [-0.3, -0.25) is 0 Å². The summed E-state index contributed by atoms with van der Waals surface area (Å²) in [6, 6.07) is 2.00. The number of hydrogen-bond acceptors (Lipinski definition) is 4. The van der Waals surface area contributed by atoms with Crippen molar-refractivity contribution in [3.63, 3.8) is 0 Å². The molecule has 7 heteroatoms. The number of nitrogens with one attached hydrogen (secondary N) is 2. The summed E-state index contributed by atoms with van der Waals surface area (Å²) >= 11 is 1.60. The van der Waals surface area contributed by atoms with E-state index in [0.29, 0.717) is 6.54 Å². The zero-order valence-corrected chi connectivity index (χ0v) is 11.7. The lowest BCUT2D eigenvalue weighted by Crippen LogP contribution is -2.50. The van der Waals surface area contributed by atoms with Crippen LogP contribution in [-0.4, -0.2) is 34.4 Å².